The van der Waals surface area contributed by atoms with E-state index in [2.05, 4.69) is 15.4 Å². The number of fused-ring (bicyclic) bond motifs is 3. The summed E-state index contributed by atoms with van der Waals surface area (Å²) in [4.78, 5) is 12.0. The molecular weight excluding hydrogens is 462 g/mol. The molecule has 35 heavy (non-hydrogen) atoms. The van der Waals surface area contributed by atoms with Crippen LogP contribution in [-0.4, -0.2) is 28.0 Å². The van der Waals surface area contributed by atoms with Crippen LogP contribution in [0.3, 0.4) is 0 Å². The molecule has 7 nitrogen and oxygen atoms in total. The summed E-state index contributed by atoms with van der Waals surface area (Å²) in [5, 5.41) is 7.18. The van der Waals surface area contributed by atoms with Crippen LogP contribution in [0.4, 0.5) is 11.4 Å². The van der Waals surface area contributed by atoms with E-state index in [1.165, 1.54) is 7.11 Å². The van der Waals surface area contributed by atoms with E-state index in [1.54, 1.807) is 30.3 Å². The first-order valence-electron chi connectivity index (χ1n) is 11.7. The van der Waals surface area contributed by atoms with Crippen molar-refractivity contribution in [1.82, 2.24) is 5.32 Å². The summed E-state index contributed by atoms with van der Waals surface area (Å²) in [5.41, 5.74) is 6.15. The molecule has 2 aliphatic rings. The molecule has 0 radical (unpaired) electrons. The van der Waals surface area contributed by atoms with Crippen LogP contribution in [0.2, 0.25) is 0 Å². The number of anilines is 2. The van der Waals surface area contributed by atoms with Gasteiger partial charge in [-0.15, -0.1) is 0 Å². The molecule has 0 bridgehead atoms. The minimum absolute atomic E-state index is 0.0355. The zero-order valence-electron chi connectivity index (χ0n) is 20.0. The van der Waals surface area contributed by atoms with Gasteiger partial charge in [-0.3, -0.25) is 4.72 Å². The maximum absolute atomic E-state index is 13.2. The SMILES string of the molecule is COC(=O)c1ccc(C2Nc3ccc(S(=O)(=O)Nc4ccc(C)c(C)c4)cc3C3NCCC23)cc1. The van der Waals surface area contributed by atoms with Crippen LogP contribution < -0.4 is 15.4 Å². The number of ether oxygens (including phenoxy) is 1. The lowest BCUT2D eigenvalue weighted by molar-refractivity contribution is 0.0600. The van der Waals surface area contributed by atoms with E-state index in [1.807, 2.05) is 44.2 Å². The van der Waals surface area contributed by atoms with Crippen LogP contribution in [0.1, 0.15) is 51.1 Å². The smallest absolute Gasteiger partial charge is 0.337 e. The molecule has 3 atom stereocenters. The number of esters is 1. The van der Waals surface area contributed by atoms with Crippen molar-refractivity contribution in [2.45, 2.75) is 37.2 Å². The highest BCUT2D eigenvalue weighted by Crippen LogP contribution is 2.47. The Balaban J connectivity index is 1.44. The van der Waals surface area contributed by atoms with Gasteiger partial charge < -0.3 is 15.4 Å². The molecule has 2 aliphatic heterocycles. The number of benzene rings is 3. The number of rotatable bonds is 5. The summed E-state index contributed by atoms with van der Waals surface area (Å²) in [6.07, 6.45) is 0.957. The third kappa shape index (κ3) is 4.39. The van der Waals surface area contributed by atoms with Crippen molar-refractivity contribution < 1.29 is 17.9 Å². The minimum atomic E-state index is -3.74. The van der Waals surface area contributed by atoms with E-state index in [0.29, 0.717) is 11.3 Å². The Kier molecular flexibility index (Phi) is 6.02. The van der Waals surface area contributed by atoms with Crippen molar-refractivity contribution in [2.75, 3.05) is 23.7 Å². The number of nitrogens with one attached hydrogen (secondary N) is 3. The lowest BCUT2D eigenvalue weighted by atomic mass is 9.80. The normalized spacial score (nSPS) is 20.9. The molecule has 1 saturated heterocycles. The molecule has 2 heterocycles. The van der Waals surface area contributed by atoms with E-state index in [4.69, 9.17) is 4.74 Å². The van der Waals surface area contributed by atoms with E-state index < -0.39 is 10.0 Å². The number of methoxy groups -OCH3 is 1. The monoisotopic (exact) mass is 491 g/mol. The van der Waals surface area contributed by atoms with E-state index in [0.717, 1.165) is 40.9 Å². The van der Waals surface area contributed by atoms with Gasteiger partial charge in [0.25, 0.3) is 10.0 Å². The first-order valence-corrected chi connectivity index (χ1v) is 13.2. The summed E-state index contributed by atoms with van der Waals surface area (Å²) in [7, 11) is -2.36. The third-order valence-electron chi connectivity index (χ3n) is 7.13. The maximum atomic E-state index is 13.2. The molecule has 3 aromatic carbocycles. The number of carbonyl (C=O) groups excluding carboxylic acids is 1. The van der Waals surface area contributed by atoms with Gasteiger partial charge in [-0.25, -0.2) is 13.2 Å². The van der Waals surface area contributed by atoms with Crippen LogP contribution in [0.25, 0.3) is 0 Å². The quantitative estimate of drug-likeness (QED) is 0.448. The zero-order valence-corrected chi connectivity index (χ0v) is 20.8. The number of carbonyl (C=O) groups is 1. The molecule has 0 saturated carbocycles. The largest absolute Gasteiger partial charge is 0.465 e. The van der Waals surface area contributed by atoms with Crippen LogP contribution in [-0.2, 0) is 14.8 Å². The molecule has 5 rings (SSSR count). The topological polar surface area (TPSA) is 96.5 Å². The highest BCUT2D eigenvalue weighted by Gasteiger charge is 2.40. The number of hydrogen-bond donors (Lipinski definition) is 3. The molecule has 8 heteroatoms. The van der Waals surface area contributed by atoms with Gasteiger partial charge in [-0.1, -0.05) is 18.2 Å². The number of hydrogen-bond acceptors (Lipinski definition) is 6. The number of aryl methyl sites for hydroxylation is 2. The van der Waals surface area contributed by atoms with Gasteiger partial charge >= 0.3 is 5.97 Å². The van der Waals surface area contributed by atoms with Crippen molar-refractivity contribution in [2.24, 2.45) is 5.92 Å². The first-order chi connectivity index (χ1) is 16.8. The van der Waals surface area contributed by atoms with Crippen molar-refractivity contribution in [3.63, 3.8) is 0 Å². The fraction of sp³-hybridized carbons (Fsp3) is 0.296. The Morgan fingerprint density at radius 3 is 2.46 bits per heavy atom. The molecule has 1 fully saturated rings. The second-order valence-corrected chi connectivity index (χ2v) is 11.0. The van der Waals surface area contributed by atoms with Gasteiger partial charge in [0, 0.05) is 23.3 Å². The van der Waals surface area contributed by atoms with Crippen LogP contribution >= 0.6 is 0 Å². The predicted molar refractivity (Wildman–Crippen MR) is 136 cm³/mol. The lowest BCUT2D eigenvalue weighted by Gasteiger charge is -2.37. The van der Waals surface area contributed by atoms with Crippen molar-refractivity contribution in [3.8, 4) is 0 Å². The van der Waals surface area contributed by atoms with E-state index in [9.17, 15) is 13.2 Å². The molecular formula is C27H29N3O4S. The van der Waals surface area contributed by atoms with Gasteiger partial charge in [0.1, 0.15) is 0 Å². The lowest BCUT2D eigenvalue weighted by Crippen LogP contribution is -2.32. The molecule has 0 aromatic heterocycles. The van der Waals surface area contributed by atoms with Gasteiger partial charge in [0.2, 0.25) is 0 Å². The van der Waals surface area contributed by atoms with Crippen LogP contribution in [0, 0.1) is 19.8 Å². The molecule has 182 valence electrons. The summed E-state index contributed by atoms with van der Waals surface area (Å²) >= 11 is 0. The molecule has 0 aliphatic carbocycles. The summed E-state index contributed by atoms with van der Waals surface area (Å²) in [5.74, 6) is -0.112. The average Bonchev–Trinajstić information content (AvgIpc) is 3.35. The molecule has 3 unspecified atom stereocenters. The average molecular weight is 492 g/mol. The number of sulfonamides is 1. The fourth-order valence-corrected chi connectivity index (χ4v) is 6.17. The van der Waals surface area contributed by atoms with Crippen molar-refractivity contribution in [1.29, 1.82) is 0 Å². The molecule has 0 amide bonds. The Labute approximate surface area is 206 Å². The van der Waals surface area contributed by atoms with E-state index >= 15 is 0 Å². The Morgan fingerprint density at radius 1 is 0.971 bits per heavy atom. The standard InChI is InChI=1S/C27H29N3O4S/c1-16-4-9-20(14-17(16)2)30-35(32,33)21-10-11-24-23(15-21)26-22(12-13-28-26)25(29-24)18-5-7-19(8-6-18)27(31)34-3/h4-11,14-15,22,25-26,28-30H,12-13H2,1-3H3. The van der Waals surface area contributed by atoms with Gasteiger partial charge in [-0.05, 0) is 91.5 Å². The van der Waals surface area contributed by atoms with Crippen LogP contribution in [0.5, 0.6) is 0 Å². The zero-order chi connectivity index (χ0) is 24.7. The Morgan fingerprint density at radius 2 is 1.74 bits per heavy atom. The minimum Gasteiger partial charge on any atom is -0.465 e. The highest BCUT2D eigenvalue weighted by atomic mass is 32.2. The summed E-state index contributed by atoms with van der Waals surface area (Å²) < 4.78 is 33.9. The van der Waals surface area contributed by atoms with Gasteiger partial charge in [-0.2, -0.15) is 0 Å². The second kappa shape index (κ2) is 9.02. The second-order valence-electron chi connectivity index (χ2n) is 9.27. The summed E-state index contributed by atoms with van der Waals surface area (Å²) in [6.45, 7) is 4.81. The Bertz CT molecular complexity index is 1390. The van der Waals surface area contributed by atoms with Gasteiger partial charge in [0.05, 0.1) is 23.6 Å². The molecule has 0 spiro atoms. The third-order valence-corrected chi connectivity index (χ3v) is 8.51. The van der Waals surface area contributed by atoms with Gasteiger partial charge in [0.15, 0.2) is 0 Å². The summed E-state index contributed by atoms with van der Waals surface area (Å²) in [6, 6.07) is 18.4. The molecule has 3 aromatic rings. The Hall–Kier alpha value is -3.36. The fourth-order valence-electron chi connectivity index (χ4n) is 5.09. The molecule has 3 N–H and O–H groups in total. The maximum Gasteiger partial charge on any atom is 0.337 e. The van der Waals surface area contributed by atoms with Crippen LogP contribution in [0.15, 0.2) is 65.6 Å². The highest BCUT2D eigenvalue weighted by molar-refractivity contribution is 7.92. The van der Waals surface area contributed by atoms with Crippen molar-refractivity contribution >= 4 is 27.4 Å². The first kappa shape index (κ1) is 23.4. The van der Waals surface area contributed by atoms with Crippen molar-refractivity contribution in [3.05, 3.63) is 88.5 Å². The predicted octanol–water partition coefficient (Wildman–Crippen LogP) is 4.71. The van der Waals surface area contributed by atoms with E-state index in [-0.39, 0.29) is 28.9 Å².